The van der Waals surface area contributed by atoms with Crippen LogP contribution in [0.5, 0.6) is 0 Å². The Morgan fingerprint density at radius 3 is 2.53 bits per heavy atom. The Balaban J connectivity index is 1.67. The first-order valence-electron chi connectivity index (χ1n) is 10.6. The van der Waals surface area contributed by atoms with Crippen molar-refractivity contribution in [2.75, 3.05) is 13.1 Å². The number of rotatable bonds is 5. The average Bonchev–Trinajstić information content (AvgIpc) is 3.18. The first-order valence-corrected chi connectivity index (χ1v) is 12.2. The Labute approximate surface area is 202 Å². The number of nitrogens with zero attached hydrogens (tertiary/aromatic N) is 5. The molecule has 3 heterocycles. The second kappa shape index (κ2) is 9.81. The number of carbonyl (C=O) groups excluding carboxylic acids is 1. The zero-order valence-corrected chi connectivity index (χ0v) is 20.5. The molecule has 0 spiro atoms. The molecular weight excluding hydrogens is 465 g/mol. The molecule has 9 heteroatoms. The quantitative estimate of drug-likeness (QED) is 0.435. The smallest absolute Gasteiger partial charge is 0.235 e. The van der Waals surface area contributed by atoms with E-state index in [-0.39, 0.29) is 11.2 Å². The van der Waals surface area contributed by atoms with Gasteiger partial charge in [-0.25, -0.2) is 0 Å². The molecule has 0 N–H and O–H groups in total. The van der Waals surface area contributed by atoms with E-state index in [1.807, 2.05) is 34.6 Å². The lowest BCUT2D eigenvalue weighted by molar-refractivity contribution is -0.132. The van der Waals surface area contributed by atoms with Gasteiger partial charge in [0.2, 0.25) is 5.91 Å². The van der Waals surface area contributed by atoms with Crippen molar-refractivity contribution < 1.29 is 4.79 Å². The maximum Gasteiger partial charge on any atom is 0.235 e. The van der Waals surface area contributed by atoms with Crippen LogP contribution in [-0.4, -0.2) is 48.9 Å². The van der Waals surface area contributed by atoms with Gasteiger partial charge >= 0.3 is 0 Å². The number of halogens is 2. The molecule has 1 aliphatic heterocycles. The van der Waals surface area contributed by atoms with Crippen LogP contribution in [0.2, 0.25) is 10.0 Å². The fourth-order valence-electron chi connectivity index (χ4n) is 4.19. The van der Waals surface area contributed by atoms with Crippen LogP contribution in [0, 0.1) is 11.8 Å². The number of hydrogen-bond acceptors (Lipinski definition) is 5. The highest BCUT2D eigenvalue weighted by Gasteiger charge is 2.30. The lowest BCUT2D eigenvalue weighted by Gasteiger charge is -2.36. The van der Waals surface area contributed by atoms with Gasteiger partial charge in [0.05, 0.1) is 21.0 Å². The summed E-state index contributed by atoms with van der Waals surface area (Å²) in [5.74, 6) is 1.77. The average molecular weight is 490 g/mol. The van der Waals surface area contributed by atoms with E-state index in [1.165, 1.54) is 11.8 Å². The number of amides is 1. The van der Waals surface area contributed by atoms with E-state index >= 15 is 0 Å². The standard InChI is InChI=1S/C23H25Cl2N5OS/c1-14-9-15(2)13-29(12-14)22(31)16(3)32-23-28-27-21(17-5-4-8-26-11-17)30(23)18-6-7-19(24)20(25)10-18/h4-8,10-11,14-16H,9,12-13H2,1-3H3. The van der Waals surface area contributed by atoms with Gasteiger partial charge in [-0.1, -0.05) is 48.8 Å². The molecule has 1 fully saturated rings. The molecule has 0 aliphatic carbocycles. The van der Waals surface area contributed by atoms with Crippen molar-refractivity contribution in [3.05, 3.63) is 52.8 Å². The molecule has 168 valence electrons. The van der Waals surface area contributed by atoms with Crippen LogP contribution < -0.4 is 0 Å². The zero-order chi connectivity index (χ0) is 22.8. The first-order chi connectivity index (χ1) is 15.3. The van der Waals surface area contributed by atoms with E-state index in [9.17, 15) is 4.79 Å². The van der Waals surface area contributed by atoms with Gasteiger partial charge in [-0.3, -0.25) is 14.3 Å². The molecule has 3 atom stereocenters. The number of aromatic nitrogens is 4. The van der Waals surface area contributed by atoms with Crippen LogP contribution in [0.1, 0.15) is 27.2 Å². The third-order valence-electron chi connectivity index (χ3n) is 5.52. The summed E-state index contributed by atoms with van der Waals surface area (Å²) < 4.78 is 1.90. The molecule has 1 aliphatic rings. The molecule has 0 radical (unpaired) electrons. The summed E-state index contributed by atoms with van der Waals surface area (Å²) in [5, 5.41) is 10.0. The molecule has 3 unspecified atom stereocenters. The van der Waals surface area contributed by atoms with Gasteiger partial charge < -0.3 is 4.90 Å². The Hall–Kier alpha value is -2.09. The number of piperidine rings is 1. The molecular formula is C23H25Cl2N5OS. The second-order valence-corrected chi connectivity index (χ2v) is 10.6. The zero-order valence-electron chi connectivity index (χ0n) is 18.2. The molecule has 3 aromatic rings. The largest absolute Gasteiger partial charge is 0.341 e. The predicted molar refractivity (Wildman–Crippen MR) is 129 cm³/mol. The maximum atomic E-state index is 13.2. The fourth-order valence-corrected chi connectivity index (χ4v) is 5.44. The summed E-state index contributed by atoms with van der Waals surface area (Å²) in [4.78, 5) is 19.4. The van der Waals surface area contributed by atoms with Crippen LogP contribution in [0.25, 0.3) is 17.1 Å². The lowest BCUT2D eigenvalue weighted by atomic mass is 9.92. The van der Waals surface area contributed by atoms with Crippen LogP contribution in [-0.2, 0) is 4.79 Å². The highest BCUT2D eigenvalue weighted by Crippen LogP contribution is 2.33. The number of benzene rings is 1. The van der Waals surface area contributed by atoms with E-state index < -0.39 is 0 Å². The minimum Gasteiger partial charge on any atom is -0.341 e. The Morgan fingerprint density at radius 1 is 1.12 bits per heavy atom. The summed E-state index contributed by atoms with van der Waals surface area (Å²) in [5.41, 5.74) is 1.58. The third kappa shape index (κ3) is 4.95. The SMILES string of the molecule is CC1CC(C)CN(C(=O)C(C)Sc2nnc(-c3cccnc3)n2-c2ccc(Cl)c(Cl)c2)C1. The summed E-state index contributed by atoms with van der Waals surface area (Å²) in [6, 6.07) is 9.15. The summed E-state index contributed by atoms with van der Waals surface area (Å²) in [6.07, 6.45) is 4.60. The molecule has 1 amide bonds. The Kier molecular flexibility index (Phi) is 7.08. The maximum absolute atomic E-state index is 13.2. The normalized spacial score (nSPS) is 19.7. The molecule has 32 heavy (non-hydrogen) atoms. The van der Waals surface area contributed by atoms with Gasteiger partial charge in [0.1, 0.15) is 0 Å². The van der Waals surface area contributed by atoms with E-state index in [0.717, 1.165) is 30.8 Å². The van der Waals surface area contributed by atoms with Gasteiger partial charge in [0, 0.05) is 31.0 Å². The molecule has 1 aromatic carbocycles. The van der Waals surface area contributed by atoms with Gasteiger partial charge in [0.15, 0.2) is 11.0 Å². The van der Waals surface area contributed by atoms with Crippen LogP contribution in [0.15, 0.2) is 47.9 Å². The van der Waals surface area contributed by atoms with E-state index in [2.05, 4.69) is 29.0 Å². The predicted octanol–water partition coefficient (Wildman–Crippen LogP) is 5.62. The molecule has 2 aromatic heterocycles. The number of hydrogen-bond donors (Lipinski definition) is 0. The number of likely N-dealkylation sites (tertiary alicyclic amines) is 1. The molecule has 0 saturated carbocycles. The number of carbonyl (C=O) groups is 1. The fraction of sp³-hybridized carbons (Fsp3) is 0.391. The molecule has 1 saturated heterocycles. The van der Waals surface area contributed by atoms with Crippen molar-refractivity contribution in [3.63, 3.8) is 0 Å². The number of thioether (sulfide) groups is 1. The van der Waals surface area contributed by atoms with Gasteiger partial charge in [0.25, 0.3) is 0 Å². The van der Waals surface area contributed by atoms with Crippen molar-refractivity contribution in [3.8, 4) is 17.1 Å². The van der Waals surface area contributed by atoms with Crippen LogP contribution in [0.3, 0.4) is 0 Å². The Morgan fingerprint density at radius 2 is 1.88 bits per heavy atom. The van der Waals surface area contributed by atoms with E-state index in [1.54, 1.807) is 24.5 Å². The second-order valence-electron chi connectivity index (χ2n) is 8.43. The van der Waals surface area contributed by atoms with Crippen LogP contribution in [0.4, 0.5) is 0 Å². The lowest BCUT2D eigenvalue weighted by Crippen LogP contribution is -2.45. The summed E-state index contributed by atoms with van der Waals surface area (Å²) in [7, 11) is 0. The molecule has 6 nitrogen and oxygen atoms in total. The highest BCUT2D eigenvalue weighted by atomic mass is 35.5. The topological polar surface area (TPSA) is 63.9 Å². The minimum atomic E-state index is -0.306. The van der Waals surface area contributed by atoms with Crippen LogP contribution >= 0.6 is 35.0 Å². The van der Waals surface area contributed by atoms with E-state index in [4.69, 9.17) is 23.2 Å². The number of pyridine rings is 1. The Bertz CT molecular complexity index is 1100. The first kappa shape index (κ1) is 23.1. The summed E-state index contributed by atoms with van der Waals surface area (Å²) in [6.45, 7) is 7.93. The highest BCUT2D eigenvalue weighted by molar-refractivity contribution is 8.00. The van der Waals surface area contributed by atoms with Gasteiger partial charge in [-0.2, -0.15) is 0 Å². The minimum absolute atomic E-state index is 0.125. The van der Waals surface area contributed by atoms with Crippen molar-refractivity contribution >= 4 is 40.9 Å². The summed E-state index contributed by atoms with van der Waals surface area (Å²) >= 11 is 13.8. The van der Waals surface area contributed by atoms with Gasteiger partial charge in [-0.15, -0.1) is 10.2 Å². The third-order valence-corrected chi connectivity index (χ3v) is 7.29. The van der Waals surface area contributed by atoms with E-state index in [0.29, 0.717) is 32.9 Å². The monoisotopic (exact) mass is 489 g/mol. The van der Waals surface area contributed by atoms with Crippen molar-refractivity contribution in [1.29, 1.82) is 0 Å². The molecule has 4 rings (SSSR count). The van der Waals surface area contributed by atoms with Gasteiger partial charge in [-0.05, 0) is 55.5 Å². The molecule has 0 bridgehead atoms. The van der Waals surface area contributed by atoms with Crippen molar-refractivity contribution in [2.24, 2.45) is 11.8 Å². The van der Waals surface area contributed by atoms with Crippen molar-refractivity contribution in [2.45, 2.75) is 37.6 Å². The van der Waals surface area contributed by atoms with Crippen molar-refractivity contribution in [1.82, 2.24) is 24.6 Å².